The summed E-state index contributed by atoms with van der Waals surface area (Å²) in [6.07, 6.45) is -0.686. The maximum atomic E-state index is 11.8. The molecular formula is C12H13NO4. The molecule has 0 radical (unpaired) electrons. The van der Waals surface area contributed by atoms with E-state index in [0.29, 0.717) is 12.1 Å². The van der Waals surface area contributed by atoms with E-state index in [1.165, 1.54) is 4.90 Å². The van der Waals surface area contributed by atoms with Gasteiger partial charge in [-0.05, 0) is 18.1 Å². The Morgan fingerprint density at radius 1 is 1.53 bits per heavy atom. The number of benzene rings is 1. The highest BCUT2D eigenvalue weighted by atomic mass is 16.7. The van der Waals surface area contributed by atoms with Gasteiger partial charge in [-0.15, -0.1) is 0 Å². The number of rotatable bonds is 1. The summed E-state index contributed by atoms with van der Waals surface area (Å²) in [5.41, 5.74) is 1.74. The first-order valence-electron chi connectivity index (χ1n) is 5.30. The van der Waals surface area contributed by atoms with Crippen LogP contribution in [0.1, 0.15) is 12.5 Å². The van der Waals surface area contributed by atoms with Crippen molar-refractivity contribution in [1.29, 1.82) is 0 Å². The van der Waals surface area contributed by atoms with Crippen LogP contribution in [-0.4, -0.2) is 24.2 Å². The van der Waals surface area contributed by atoms with Gasteiger partial charge in [-0.1, -0.05) is 13.0 Å². The van der Waals surface area contributed by atoms with E-state index in [-0.39, 0.29) is 17.6 Å². The van der Waals surface area contributed by atoms with Gasteiger partial charge in [-0.3, -0.25) is 4.79 Å². The van der Waals surface area contributed by atoms with Gasteiger partial charge in [0, 0.05) is 19.0 Å². The summed E-state index contributed by atoms with van der Waals surface area (Å²) in [5, 5.41) is 8.53. The molecule has 1 amide bonds. The van der Waals surface area contributed by atoms with Crippen molar-refractivity contribution in [2.45, 2.75) is 13.3 Å². The van der Waals surface area contributed by atoms with E-state index >= 15 is 0 Å². The van der Waals surface area contributed by atoms with Crippen molar-refractivity contribution in [3.8, 4) is 5.75 Å². The third kappa shape index (κ3) is 2.08. The Morgan fingerprint density at radius 2 is 2.24 bits per heavy atom. The normalized spacial score (nSPS) is 18.8. The minimum atomic E-state index is -1.36. The summed E-state index contributed by atoms with van der Waals surface area (Å²) >= 11 is 0. The number of carbonyl (C=O) groups excluding carboxylic acids is 1. The molecule has 17 heavy (non-hydrogen) atoms. The van der Waals surface area contributed by atoms with Gasteiger partial charge < -0.3 is 14.7 Å². The van der Waals surface area contributed by atoms with E-state index in [9.17, 15) is 9.59 Å². The second-order valence-corrected chi connectivity index (χ2v) is 4.16. The van der Waals surface area contributed by atoms with E-state index in [2.05, 4.69) is 4.74 Å². The van der Waals surface area contributed by atoms with Crippen molar-refractivity contribution in [1.82, 2.24) is 0 Å². The monoisotopic (exact) mass is 235 g/mol. The molecule has 1 aliphatic rings. The average molecular weight is 235 g/mol. The number of amides is 1. The Labute approximate surface area is 98.6 Å². The minimum absolute atomic E-state index is 0.0324. The molecule has 0 aromatic heterocycles. The molecule has 0 fully saturated rings. The van der Waals surface area contributed by atoms with Gasteiger partial charge in [0.1, 0.15) is 5.75 Å². The standard InChI is InChI=1S/C12H13NO4/c1-7-5-8-3-4-9(17-12(15)16)6-10(8)13(2)11(7)14/h3-4,6-7H,5H2,1-2H3,(H,15,16). The maximum Gasteiger partial charge on any atom is 0.511 e. The summed E-state index contributed by atoms with van der Waals surface area (Å²) in [6.45, 7) is 1.88. The second-order valence-electron chi connectivity index (χ2n) is 4.16. The third-order valence-corrected chi connectivity index (χ3v) is 2.90. The predicted molar refractivity (Wildman–Crippen MR) is 61.4 cm³/mol. The summed E-state index contributed by atoms with van der Waals surface area (Å²) < 4.78 is 4.57. The molecule has 0 spiro atoms. The molecule has 90 valence electrons. The fourth-order valence-corrected chi connectivity index (χ4v) is 2.06. The number of nitrogens with zero attached hydrogens (tertiary/aromatic N) is 1. The molecular weight excluding hydrogens is 222 g/mol. The molecule has 1 heterocycles. The van der Waals surface area contributed by atoms with Crippen molar-refractivity contribution in [2.75, 3.05) is 11.9 Å². The number of hydrogen-bond donors (Lipinski definition) is 1. The van der Waals surface area contributed by atoms with Crippen molar-refractivity contribution in [3.63, 3.8) is 0 Å². The third-order valence-electron chi connectivity index (χ3n) is 2.90. The zero-order valence-electron chi connectivity index (χ0n) is 9.64. The average Bonchev–Trinajstić information content (AvgIpc) is 2.26. The lowest BCUT2D eigenvalue weighted by molar-refractivity contribution is -0.121. The zero-order valence-corrected chi connectivity index (χ0v) is 9.64. The molecule has 0 saturated carbocycles. The molecule has 1 aromatic carbocycles. The first kappa shape index (κ1) is 11.4. The molecule has 1 unspecified atom stereocenters. The fraction of sp³-hybridized carbons (Fsp3) is 0.333. The highest BCUT2D eigenvalue weighted by molar-refractivity contribution is 5.97. The summed E-state index contributed by atoms with van der Waals surface area (Å²) in [4.78, 5) is 23.8. The lowest BCUT2D eigenvalue weighted by Crippen LogP contribution is -2.37. The minimum Gasteiger partial charge on any atom is -0.449 e. The Hall–Kier alpha value is -2.04. The van der Waals surface area contributed by atoms with E-state index in [0.717, 1.165) is 5.56 Å². The highest BCUT2D eigenvalue weighted by Gasteiger charge is 2.27. The first-order valence-corrected chi connectivity index (χ1v) is 5.30. The van der Waals surface area contributed by atoms with Gasteiger partial charge in [0.15, 0.2) is 0 Å². The van der Waals surface area contributed by atoms with Crippen LogP contribution >= 0.6 is 0 Å². The molecule has 0 saturated heterocycles. The lowest BCUT2D eigenvalue weighted by Gasteiger charge is -2.29. The Morgan fingerprint density at radius 3 is 2.88 bits per heavy atom. The molecule has 1 aliphatic heterocycles. The molecule has 1 atom stereocenters. The van der Waals surface area contributed by atoms with Gasteiger partial charge >= 0.3 is 6.16 Å². The SMILES string of the molecule is CC1Cc2ccc(OC(=O)O)cc2N(C)C1=O. The van der Waals surface area contributed by atoms with Gasteiger partial charge in [-0.25, -0.2) is 4.79 Å². The highest BCUT2D eigenvalue weighted by Crippen LogP contribution is 2.32. The predicted octanol–water partition coefficient (Wildman–Crippen LogP) is 1.90. The van der Waals surface area contributed by atoms with Crippen LogP contribution in [0.2, 0.25) is 0 Å². The van der Waals surface area contributed by atoms with Crippen LogP contribution in [0.15, 0.2) is 18.2 Å². The largest absolute Gasteiger partial charge is 0.511 e. The topological polar surface area (TPSA) is 66.8 Å². The van der Waals surface area contributed by atoms with Gasteiger partial charge in [0.05, 0.1) is 5.69 Å². The summed E-state index contributed by atoms with van der Waals surface area (Å²) in [6, 6.07) is 4.98. The van der Waals surface area contributed by atoms with E-state index < -0.39 is 6.16 Å². The number of ether oxygens (including phenoxy) is 1. The summed E-state index contributed by atoms with van der Waals surface area (Å²) in [5.74, 6) is 0.217. The van der Waals surface area contributed by atoms with Crippen LogP contribution in [0.5, 0.6) is 5.75 Å². The van der Waals surface area contributed by atoms with E-state index in [1.807, 2.05) is 6.92 Å². The van der Waals surface area contributed by atoms with Crippen LogP contribution < -0.4 is 9.64 Å². The number of anilines is 1. The molecule has 0 bridgehead atoms. The molecule has 1 aromatic rings. The Balaban J connectivity index is 2.38. The van der Waals surface area contributed by atoms with Crippen LogP contribution in [0, 0.1) is 5.92 Å². The van der Waals surface area contributed by atoms with E-state index in [4.69, 9.17) is 5.11 Å². The Bertz CT molecular complexity index is 483. The summed E-state index contributed by atoms with van der Waals surface area (Å²) in [7, 11) is 1.68. The fourth-order valence-electron chi connectivity index (χ4n) is 2.06. The van der Waals surface area contributed by atoms with Crippen LogP contribution in [0.25, 0.3) is 0 Å². The molecule has 5 nitrogen and oxygen atoms in total. The van der Waals surface area contributed by atoms with Crippen molar-refractivity contribution < 1.29 is 19.4 Å². The number of carboxylic acid groups (broad SMARTS) is 1. The first-order chi connectivity index (χ1) is 7.99. The van der Waals surface area contributed by atoms with Gasteiger partial charge in [0.25, 0.3) is 0 Å². The molecule has 1 N–H and O–H groups in total. The number of hydrogen-bond acceptors (Lipinski definition) is 3. The van der Waals surface area contributed by atoms with Crippen molar-refractivity contribution in [2.24, 2.45) is 5.92 Å². The van der Waals surface area contributed by atoms with Crippen LogP contribution in [0.4, 0.5) is 10.5 Å². The molecule has 2 rings (SSSR count). The van der Waals surface area contributed by atoms with Crippen LogP contribution in [0.3, 0.4) is 0 Å². The van der Waals surface area contributed by atoms with Crippen molar-refractivity contribution >= 4 is 17.7 Å². The maximum absolute atomic E-state index is 11.8. The van der Waals surface area contributed by atoms with E-state index in [1.54, 1.807) is 25.2 Å². The quantitative estimate of drug-likeness (QED) is 0.596. The Kier molecular flexibility index (Phi) is 2.75. The molecule has 0 aliphatic carbocycles. The second kappa shape index (κ2) is 4.08. The lowest BCUT2D eigenvalue weighted by atomic mass is 9.93. The smallest absolute Gasteiger partial charge is 0.449 e. The number of carbonyl (C=O) groups is 2. The zero-order chi connectivity index (χ0) is 12.6. The number of fused-ring (bicyclic) bond motifs is 1. The van der Waals surface area contributed by atoms with Crippen LogP contribution in [-0.2, 0) is 11.2 Å². The van der Waals surface area contributed by atoms with Crippen molar-refractivity contribution in [3.05, 3.63) is 23.8 Å². The van der Waals surface area contributed by atoms with Gasteiger partial charge in [0.2, 0.25) is 5.91 Å². The molecule has 5 heteroatoms. The van der Waals surface area contributed by atoms with Gasteiger partial charge in [-0.2, -0.15) is 0 Å².